The van der Waals surface area contributed by atoms with Crippen LogP contribution in [-0.2, 0) is 14.3 Å². The lowest BCUT2D eigenvalue weighted by Crippen LogP contribution is -2.46. The van der Waals surface area contributed by atoms with Crippen LogP contribution in [-0.4, -0.2) is 46.9 Å². The van der Waals surface area contributed by atoms with Crippen LogP contribution in [0, 0.1) is 0 Å². The first-order chi connectivity index (χ1) is 30.5. The molecule has 0 aliphatic carbocycles. The summed E-state index contributed by atoms with van der Waals surface area (Å²) < 4.78 is 5.95. The van der Waals surface area contributed by atoms with Crippen molar-refractivity contribution in [2.24, 2.45) is 0 Å². The Labute approximate surface area is 387 Å². The van der Waals surface area contributed by atoms with E-state index in [1.807, 2.05) is 0 Å². The second-order valence-electron chi connectivity index (χ2n) is 19.3. The maximum Gasteiger partial charge on any atom is 0.306 e. The van der Waals surface area contributed by atoms with Crippen LogP contribution in [0.2, 0.25) is 0 Å². The largest absolute Gasteiger partial charge is 0.462 e. The molecule has 1 amide bonds. The molecule has 62 heavy (non-hydrogen) atoms. The number of carbonyl (C=O) groups is 2. The number of unbranched alkanes of at least 4 members (excludes halogenated alkanes) is 37. The molecule has 0 spiro atoms. The molecular formula is C56H109NO5. The van der Waals surface area contributed by atoms with E-state index in [0.29, 0.717) is 19.3 Å². The lowest BCUT2D eigenvalue weighted by Gasteiger charge is -2.24. The molecule has 368 valence electrons. The highest BCUT2D eigenvalue weighted by Crippen LogP contribution is 2.19. The van der Waals surface area contributed by atoms with Crippen LogP contribution in [0.15, 0.2) is 12.2 Å². The molecule has 0 aromatic heterocycles. The minimum absolute atomic E-state index is 0.0790. The minimum atomic E-state index is -0.784. The molecule has 0 radical (unpaired) electrons. The third-order valence-corrected chi connectivity index (χ3v) is 13.1. The summed E-state index contributed by atoms with van der Waals surface area (Å²) in [6.07, 6.45) is 57.1. The first-order valence-corrected chi connectivity index (χ1v) is 27.9. The van der Waals surface area contributed by atoms with Crippen molar-refractivity contribution in [1.82, 2.24) is 5.32 Å². The molecule has 0 saturated carbocycles. The standard InChI is InChI=1S/C56H109NO5/c1-4-7-10-13-16-19-22-24-25-26-27-28-29-31-34-37-40-43-46-49-56(61)62-52(47-44-41-38-35-33-30-23-20-17-14-11-8-5-2)50-55(60)57-53(51-58)54(59)48-45-42-39-36-32-21-18-15-12-9-6-3/h20,23,52-54,58-59H,4-19,21-22,24-51H2,1-3H3,(H,57,60)/b23-20-. The van der Waals surface area contributed by atoms with Gasteiger partial charge in [-0.1, -0.05) is 258 Å². The number of aliphatic hydroxyl groups is 2. The summed E-state index contributed by atoms with van der Waals surface area (Å²) in [6.45, 7) is 6.50. The molecule has 0 saturated heterocycles. The summed E-state index contributed by atoms with van der Waals surface area (Å²) in [7, 11) is 0. The van der Waals surface area contributed by atoms with E-state index < -0.39 is 18.2 Å². The van der Waals surface area contributed by atoms with Crippen molar-refractivity contribution in [3.8, 4) is 0 Å². The third-order valence-electron chi connectivity index (χ3n) is 13.1. The lowest BCUT2D eigenvalue weighted by molar-refractivity contribution is -0.151. The van der Waals surface area contributed by atoms with Crippen LogP contribution in [0.3, 0.4) is 0 Å². The molecule has 3 N–H and O–H groups in total. The van der Waals surface area contributed by atoms with Gasteiger partial charge in [0.05, 0.1) is 25.2 Å². The van der Waals surface area contributed by atoms with Gasteiger partial charge in [-0.05, 0) is 51.4 Å². The molecule has 0 bridgehead atoms. The second-order valence-corrected chi connectivity index (χ2v) is 19.3. The van der Waals surface area contributed by atoms with Gasteiger partial charge in [0.1, 0.15) is 6.10 Å². The molecule has 0 heterocycles. The predicted octanol–water partition coefficient (Wildman–Crippen LogP) is 16.9. The van der Waals surface area contributed by atoms with Crippen molar-refractivity contribution < 1.29 is 24.5 Å². The number of hydrogen-bond acceptors (Lipinski definition) is 5. The van der Waals surface area contributed by atoms with Crippen molar-refractivity contribution >= 4 is 11.9 Å². The zero-order valence-electron chi connectivity index (χ0n) is 42.0. The average molecular weight is 876 g/mol. The molecule has 3 unspecified atom stereocenters. The average Bonchev–Trinajstić information content (AvgIpc) is 3.26. The number of amides is 1. The Balaban J connectivity index is 4.46. The number of rotatable bonds is 51. The fraction of sp³-hybridized carbons (Fsp3) is 0.929. The van der Waals surface area contributed by atoms with Crippen molar-refractivity contribution in [2.45, 2.75) is 328 Å². The van der Waals surface area contributed by atoms with E-state index >= 15 is 0 Å². The van der Waals surface area contributed by atoms with E-state index in [0.717, 1.165) is 57.8 Å². The van der Waals surface area contributed by atoms with Crippen LogP contribution in [0.25, 0.3) is 0 Å². The van der Waals surface area contributed by atoms with Crippen molar-refractivity contribution in [3.63, 3.8) is 0 Å². The number of esters is 1. The fourth-order valence-electron chi connectivity index (χ4n) is 8.84. The normalized spacial score (nSPS) is 13.2. The minimum Gasteiger partial charge on any atom is -0.462 e. The maximum atomic E-state index is 13.2. The third kappa shape index (κ3) is 45.2. The quantitative estimate of drug-likeness (QED) is 0.0321. The molecule has 0 rings (SSSR count). The van der Waals surface area contributed by atoms with Crippen molar-refractivity contribution in [1.29, 1.82) is 0 Å². The van der Waals surface area contributed by atoms with Crippen LogP contribution in [0.5, 0.6) is 0 Å². The van der Waals surface area contributed by atoms with Gasteiger partial charge < -0.3 is 20.3 Å². The maximum absolute atomic E-state index is 13.2. The van der Waals surface area contributed by atoms with E-state index in [9.17, 15) is 19.8 Å². The van der Waals surface area contributed by atoms with Gasteiger partial charge in [-0.3, -0.25) is 9.59 Å². The lowest BCUT2D eigenvalue weighted by atomic mass is 10.0. The van der Waals surface area contributed by atoms with E-state index in [4.69, 9.17) is 4.74 Å². The fourth-order valence-corrected chi connectivity index (χ4v) is 8.84. The van der Waals surface area contributed by atoms with Crippen LogP contribution < -0.4 is 5.32 Å². The molecule has 6 nitrogen and oxygen atoms in total. The van der Waals surface area contributed by atoms with Gasteiger partial charge in [-0.15, -0.1) is 0 Å². The van der Waals surface area contributed by atoms with E-state index in [-0.39, 0.29) is 24.9 Å². The topological polar surface area (TPSA) is 95.9 Å². The number of nitrogens with one attached hydrogen (secondary N) is 1. The molecule has 0 aromatic carbocycles. The van der Waals surface area contributed by atoms with E-state index in [2.05, 4.69) is 38.2 Å². The Kier molecular flexibility index (Phi) is 49.5. The Morgan fingerprint density at radius 1 is 0.452 bits per heavy atom. The molecule has 3 atom stereocenters. The molecule has 0 aromatic rings. The Morgan fingerprint density at radius 3 is 1.16 bits per heavy atom. The second kappa shape index (κ2) is 50.6. The van der Waals surface area contributed by atoms with Gasteiger partial charge in [0.15, 0.2) is 0 Å². The molecule has 0 fully saturated rings. The highest BCUT2D eigenvalue weighted by molar-refractivity contribution is 5.77. The summed E-state index contributed by atoms with van der Waals surface area (Å²) in [5.74, 6) is -0.462. The highest BCUT2D eigenvalue weighted by atomic mass is 16.5. The first-order valence-electron chi connectivity index (χ1n) is 27.9. The number of allylic oxidation sites excluding steroid dienone is 2. The smallest absolute Gasteiger partial charge is 0.306 e. The van der Waals surface area contributed by atoms with Crippen molar-refractivity contribution in [2.75, 3.05) is 6.61 Å². The number of hydrogen-bond donors (Lipinski definition) is 3. The van der Waals surface area contributed by atoms with Crippen LogP contribution >= 0.6 is 0 Å². The Morgan fingerprint density at radius 2 is 0.774 bits per heavy atom. The molecule has 0 aliphatic heterocycles. The Bertz CT molecular complexity index is 939. The van der Waals surface area contributed by atoms with E-state index in [1.54, 1.807) is 0 Å². The van der Waals surface area contributed by atoms with Gasteiger partial charge in [-0.2, -0.15) is 0 Å². The summed E-state index contributed by atoms with van der Waals surface area (Å²) in [4.78, 5) is 26.2. The van der Waals surface area contributed by atoms with Crippen LogP contribution in [0.4, 0.5) is 0 Å². The molecular weight excluding hydrogens is 767 g/mol. The van der Waals surface area contributed by atoms with Gasteiger partial charge in [0.2, 0.25) is 5.91 Å². The first kappa shape index (κ1) is 60.6. The SMILES string of the molecule is CCCCCC/C=C\CCCCCCCC(CC(=O)NC(CO)C(O)CCCCCCCCCCCCC)OC(=O)CCCCCCCCCCCCCCCCCCCCC. The van der Waals surface area contributed by atoms with Gasteiger partial charge in [0.25, 0.3) is 0 Å². The van der Waals surface area contributed by atoms with Crippen molar-refractivity contribution in [3.05, 3.63) is 12.2 Å². The summed E-state index contributed by atoms with van der Waals surface area (Å²) in [6, 6.07) is -0.697. The summed E-state index contributed by atoms with van der Waals surface area (Å²) in [5.41, 5.74) is 0. The Hall–Kier alpha value is -1.40. The van der Waals surface area contributed by atoms with Gasteiger partial charge >= 0.3 is 5.97 Å². The number of aliphatic hydroxyl groups excluding tert-OH is 2. The number of carbonyl (C=O) groups excluding carboxylic acids is 2. The predicted molar refractivity (Wildman–Crippen MR) is 269 cm³/mol. The summed E-state index contributed by atoms with van der Waals surface area (Å²) in [5, 5.41) is 23.8. The zero-order valence-corrected chi connectivity index (χ0v) is 42.0. The summed E-state index contributed by atoms with van der Waals surface area (Å²) >= 11 is 0. The van der Waals surface area contributed by atoms with Gasteiger partial charge in [-0.25, -0.2) is 0 Å². The molecule has 6 heteroatoms. The van der Waals surface area contributed by atoms with Crippen LogP contribution in [0.1, 0.15) is 310 Å². The zero-order chi connectivity index (χ0) is 45.2. The molecule has 0 aliphatic rings. The highest BCUT2D eigenvalue weighted by Gasteiger charge is 2.24. The van der Waals surface area contributed by atoms with E-state index in [1.165, 1.54) is 205 Å². The van der Waals surface area contributed by atoms with Gasteiger partial charge in [0, 0.05) is 6.42 Å². The monoisotopic (exact) mass is 876 g/mol. The number of ether oxygens (including phenoxy) is 1.